The van der Waals surface area contributed by atoms with Crippen LogP contribution in [0.1, 0.15) is 58.9 Å². The van der Waals surface area contributed by atoms with Crippen molar-refractivity contribution in [1.29, 1.82) is 0 Å². The van der Waals surface area contributed by atoms with Crippen molar-refractivity contribution >= 4 is 29.9 Å². The fraction of sp³-hybridized carbons (Fsp3) is 0.667. The minimum atomic E-state index is -0.135. The Morgan fingerprint density at radius 2 is 1.85 bits per heavy atom. The van der Waals surface area contributed by atoms with Gasteiger partial charge in [-0.2, -0.15) is 0 Å². The molecule has 2 rings (SSSR count). The molecule has 3 N–H and O–H groups in total. The van der Waals surface area contributed by atoms with Gasteiger partial charge in [0.05, 0.1) is 12.6 Å². The topological polar surface area (TPSA) is 65.9 Å². The molecular weight excluding hydrogens is 453 g/mol. The van der Waals surface area contributed by atoms with E-state index in [9.17, 15) is 5.11 Å². The minimum absolute atomic E-state index is 0. The fourth-order valence-electron chi connectivity index (χ4n) is 3.26. The lowest BCUT2D eigenvalue weighted by molar-refractivity contribution is 0.120. The highest BCUT2D eigenvalue weighted by molar-refractivity contribution is 14.0. The van der Waals surface area contributed by atoms with Gasteiger partial charge in [0.15, 0.2) is 5.96 Å². The number of aliphatic hydroxyl groups excluding tert-OH is 1. The minimum Gasteiger partial charge on any atom is -0.491 e. The molecule has 0 saturated heterocycles. The van der Waals surface area contributed by atoms with Gasteiger partial charge in [-0.05, 0) is 49.7 Å². The molecule has 5 nitrogen and oxygen atoms in total. The summed E-state index contributed by atoms with van der Waals surface area (Å²) in [6, 6.07) is 8.61. The predicted molar refractivity (Wildman–Crippen MR) is 123 cm³/mol. The van der Waals surface area contributed by atoms with Gasteiger partial charge in [0, 0.05) is 12.6 Å². The van der Waals surface area contributed by atoms with Crippen molar-refractivity contribution in [2.75, 3.05) is 19.7 Å². The Morgan fingerprint density at radius 3 is 2.48 bits per heavy atom. The molecular formula is C21H36IN3O2. The standard InChI is InChI=1S/C21H35N3O2.HI/c1-5-22-20(24-16-10-12-17(25)13-11-16)23-14-15-26-19-9-7-6-8-18(19)21(2,3)4;/h6-9,16-17,25H,5,10-15H2,1-4H3,(H2,22,23,24);1H. The SMILES string of the molecule is CCNC(=NCCOc1ccccc1C(C)(C)C)NC1CCC(O)CC1.I. The van der Waals surface area contributed by atoms with E-state index in [0.29, 0.717) is 19.2 Å². The van der Waals surface area contributed by atoms with Crippen LogP contribution in [-0.4, -0.2) is 42.9 Å². The molecule has 0 bridgehead atoms. The average molecular weight is 489 g/mol. The van der Waals surface area contributed by atoms with Crippen LogP contribution in [-0.2, 0) is 5.41 Å². The Morgan fingerprint density at radius 1 is 1.19 bits per heavy atom. The number of para-hydroxylation sites is 1. The number of nitrogens with zero attached hydrogens (tertiary/aromatic N) is 1. The van der Waals surface area contributed by atoms with Crippen molar-refractivity contribution in [1.82, 2.24) is 10.6 Å². The van der Waals surface area contributed by atoms with Crippen LogP contribution in [0.5, 0.6) is 5.75 Å². The van der Waals surface area contributed by atoms with Gasteiger partial charge in [-0.25, -0.2) is 4.99 Å². The number of nitrogens with one attached hydrogen (secondary N) is 2. The molecule has 0 atom stereocenters. The number of ether oxygens (including phenoxy) is 1. The van der Waals surface area contributed by atoms with Crippen LogP contribution in [0.15, 0.2) is 29.3 Å². The lowest BCUT2D eigenvalue weighted by Crippen LogP contribution is -2.45. The second-order valence-corrected chi connectivity index (χ2v) is 8.01. The molecule has 0 heterocycles. The van der Waals surface area contributed by atoms with Crippen LogP contribution in [0.2, 0.25) is 0 Å². The Bertz CT molecular complexity index is 579. The van der Waals surface area contributed by atoms with Crippen molar-refractivity contribution < 1.29 is 9.84 Å². The van der Waals surface area contributed by atoms with E-state index in [0.717, 1.165) is 43.9 Å². The third-order valence-electron chi connectivity index (χ3n) is 4.70. The van der Waals surface area contributed by atoms with Crippen molar-refractivity contribution in [2.24, 2.45) is 4.99 Å². The number of hydrogen-bond acceptors (Lipinski definition) is 3. The molecule has 154 valence electrons. The number of benzene rings is 1. The van der Waals surface area contributed by atoms with Gasteiger partial charge in [-0.3, -0.25) is 0 Å². The molecule has 1 saturated carbocycles. The van der Waals surface area contributed by atoms with E-state index in [1.165, 1.54) is 5.56 Å². The zero-order valence-corrected chi connectivity index (χ0v) is 19.5. The molecule has 1 aromatic carbocycles. The second kappa shape index (κ2) is 11.7. The average Bonchev–Trinajstić information content (AvgIpc) is 2.60. The zero-order valence-electron chi connectivity index (χ0n) is 17.1. The first-order valence-corrected chi connectivity index (χ1v) is 9.85. The Hall–Kier alpha value is -1.02. The highest BCUT2D eigenvalue weighted by atomic mass is 127. The van der Waals surface area contributed by atoms with Gasteiger partial charge in [-0.15, -0.1) is 24.0 Å². The lowest BCUT2D eigenvalue weighted by Gasteiger charge is -2.27. The predicted octanol–water partition coefficient (Wildman–Crippen LogP) is 3.84. The quantitative estimate of drug-likeness (QED) is 0.246. The molecule has 27 heavy (non-hydrogen) atoms. The molecule has 1 aliphatic rings. The number of rotatable bonds is 6. The highest BCUT2D eigenvalue weighted by Gasteiger charge is 2.20. The van der Waals surface area contributed by atoms with Crippen molar-refractivity contribution in [3.63, 3.8) is 0 Å². The van der Waals surface area contributed by atoms with Gasteiger partial charge in [0.2, 0.25) is 0 Å². The summed E-state index contributed by atoms with van der Waals surface area (Å²) >= 11 is 0. The summed E-state index contributed by atoms with van der Waals surface area (Å²) in [4.78, 5) is 4.64. The molecule has 0 aromatic heterocycles. The van der Waals surface area contributed by atoms with Gasteiger partial charge in [0.25, 0.3) is 0 Å². The van der Waals surface area contributed by atoms with Crippen LogP contribution in [0.25, 0.3) is 0 Å². The Balaban J connectivity index is 0.00000364. The summed E-state index contributed by atoms with van der Waals surface area (Å²) < 4.78 is 6.00. The molecule has 1 aromatic rings. The van der Waals surface area contributed by atoms with Crippen molar-refractivity contribution in [3.8, 4) is 5.75 Å². The lowest BCUT2D eigenvalue weighted by atomic mass is 9.86. The first kappa shape index (κ1) is 24.0. The monoisotopic (exact) mass is 489 g/mol. The van der Waals surface area contributed by atoms with Gasteiger partial charge in [0.1, 0.15) is 12.4 Å². The van der Waals surface area contributed by atoms with Crippen molar-refractivity contribution in [3.05, 3.63) is 29.8 Å². The van der Waals surface area contributed by atoms with Crippen molar-refractivity contribution in [2.45, 2.75) is 70.9 Å². The van der Waals surface area contributed by atoms with E-state index in [-0.39, 0.29) is 35.5 Å². The summed E-state index contributed by atoms with van der Waals surface area (Å²) in [5.74, 6) is 1.77. The highest BCUT2D eigenvalue weighted by Crippen LogP contribution is 2.30. The van der Waals surface area contributed by atoms with Crippen LogP contribution in [0, 0.1) is 0 Å². The van der Waals surface area contributed by atoms with Gasteiger partial charge >= 0.3 is 0 Å². The molecule has 0 amide bonds. The normalized spacial score (nSPS) is 20.6. The Labute approximate surface area is 181 Å². The Kier molecular flexibility index (Phi) is 10.4. The molecule has 0 radical (unpaired) electrons. The summed E-state index contributed by atoms with van der Waals surface area (Å²) in [6.07, 6.45) is 3.57. The molecule has 6 heteroatoms. The molecule has 0 spiro atoms. The molecule has 0 unspecified atom stereocenters. The molecule has 0 aliphatic heterocycles. The third-order valence-corrected chi connectivity index (χ3v) is 4.70. The number of aliphatic imine (C=N–C) groups is 1. The first-order chi connectivity index (χ1) is 12.4. The van der Waals surface area contributed by atoms with E-state index in [4.69, 9.17) is 4.74 Å². The summed E-state index contributed by atoms with van der Waals surface area (Å²) in [5.41, 5.74) is 1.27. The van der Waals surface area contributed by atoms with Crippen LogP contribution >= 0.6 is 24.0 Å². The number of aliphatic hydroxyl groups is 1. The summed E-state index contributed by atoms with van der Waals surface area (Å²) in [6.45, 7) is 10.6. The maximum atomic E-state index is 9.64. The largest absolute Gasteiger partial charge is 0.491 e. The maximum Gasteiger partial charge on any atom is 0.191 e. The van der Waals surface area contributed by atoms with Gasteiger partial charge in [-0.1, -0.05) is 39.0 Å². The smallest absolute Gasteiger partial charge is 0.191 e. The number of halogens is 1. The third kappa shape index (κ3) is 8.25. The second-order valence-electron chi connectivity index (χ2n) is 8.01. The number of hydrogen-bond donors (Lipinski definition) is 3. The van der Waals surface area contributed by atoms with Crippen LogP contribution in [0.3, 0.4) is 0 Å². The van der Waals surface area contributed by atoms with E-state index in [1.807, 2.05) is 12.1 Å². The zero-order chi connectivity index (χ0) is 19.0. The first-order valence-electron chi connectivity index (χ1n) is 9.85. The van der Waals surface area contributed by atoms with E-state index >= 15 is 0 Å². The molecule has 1 fully saturated rings. The van der Waals surface area contributed by atoms with E-state index < -0.39 is 0 Å². The molecule has 1 aliphatic carbocycles. The number of guanidine groups is 1. The van der Waals surface area contributed by atoms with Crippen LogP contribution < -0.4 is 15.4 Å². The fourth-order valence-corrected chi connectivity index (χ4v) is 3.26. The van der Waals surface area contributed by atoms with Crippen LogP contribution in [0.4, 0.5) is 0 Å². The summed E-state index contributed by atoms with van der Waals surface area (Å²) in [5, 5.41) is 16.4. The van der Waals surface area contributed by atoms with E-state index in [2.05, 4.69) is 55.5 Å². The summed E-state index contributed by atoms with van der Waals surface area (Å²) in [7, 11) is 0. The maximum absolute atomic E-state index is 9.64. The van der Waals surface area contributed by atoms with E-state index in [1.54, 1.807) is 0 Å². The van der Waals surface area contributed by atoms with Gasteiger partial charge < -0.3 is 20.5 Å².